The lowest BCUT2D eigenvalue weighted by Gasteiger charge is -2.40. The maximum atomic E-state index is 12.6. The highest BCUT2D eigenvalue weighted by molar-refractivity contribution is 6.32. The van der Waals surface area contributed by atoms with Crippen LogP contribution in [0.2, 0.25) is 5.02 Å². The number of anilines is 1. The lowest BCUT2D eigenvalue weighted by molar-refractivity contribution is -0.0595. The van der Waals surface area contributed by atoms with Gasteiger partial charge >= 0.3 is 6.03 Å². The molecule has 8 nitrogen and oxygen atoms in total. The quantitative estimate of drug-likeness (QED) is 0.885. The third-order valence-corrected chi connectivity index (χ3v) is 4.92. The van der Waals surface area contributed by atoms with Gasteiger partial charge in [0, 0.05) is 12.2 Å². The molecular weight excluding hydrogens is 346 g/mol. The lowest BCUT2D eigenvalue weighted by Crippen LogP contribution is -2.51. The molecule has 0 unspecified atom stereocenters. The molecule has 132 valence electrons. The number of hydrogen-bond donors (Lipinski definition) is 1. The number of aromatic nitrogens is 3. The van der Waals surface area contributed by atoms with Gasteiger partial charge < -0.3 is 19.7 Å². The van der Waals surface area contributed by atoms with Crippen LogP contribution in [0.5, 0.6) is 5.75 Å². The molecule has 4 rings (SSSR count). The molecule has 1 aromatic carbocycles. The number of benzene rings is 1. The van der Waals surface area contributed by atoms with Crippen molar-refractivity contribution in [2.45, 2.75) is 25.2 Å². The number of fused-ring (bicyclic) bond motifs is 3. The van der Waals surface area contributed by atoms with Crippen LogP contribution in [0.3, 0.4) is 0 Å². The second kappa shape index (κ2) is 6.53. The first-order valence-corrected chi connectivity index (χ1v) is 8.43. The van der Waals surface area contributed by atoms with Crippen molar-refractivity contribution in [3.8, 4) is 5.75 Å². The Morgan fingerprint density at radius 1 is 1.48 bits per heavy atom. The molecule has 0 saturated carbocycles. The molecule has 25 heavy (non-hydrogen) atoms. The van der Waals surface area contributed by atoms with Gasteiger partial charge in [0.15, 0.2) is 0 Å². The molecule has 0 spiro atoms. The lowest BCUT2D eigenvalue weighted by atomic mass is 10.0. The van der Waals surface area contributed by atoms with Gasteiger partial charge in [-0.05, 0) is 24.6 Å². The van der Waals surface area contributed by atoms with Crippen LogP contribution in [0.4, 0.5) is 10.5 Å². The fraction of sp³-hybridized carbons (Fsp3) is 0.438. The van der Waals surface area contributed by atoms with Crippen molar-refractivity contribution in [3.05, 3.63) is 35.1 Å². The molecule has 2 atom stereocenters. The number of nitrogens with zero attached hydrogens (tertiary/aromatic N) is 4. The van der Waals surface area contributed by atoms with E-state index in [1.165, 1.54) is 0 Å². The van der Waals surface area contributed by atoms with Crippen LogP contribution in [0, 0.1) is 0 Å². The van der Waals surface area contributed by atoms with E-state index in [4.69, 9.17) is 21.1 Å². The van der Waals surface area contributed by atoms with Crippen molar-refractivity contribution < 1.29 is 14.3 Å². The number of likely N-dealkylation sites (tertiary alicyclic amines) is 1. The highest BCUT2D eigenvalue weighted by Gasteiger charge is 2.37. The van der Waals surface area contributed by atoms with E-state index in [2.05, 4.69) is 15.6 Å². The Morgan fingerprint density at radius 3 is 3.16 bits per heavy atom. The Bertz CT molecular complexity index is 796. The molecule has 2 amide bonds. The SMILES string of the molecule is COc1ccc(NC(=O)N2CC[C@H]3[C@H](C2)OCc2cnnn23)cc1Cl. The molecule has 2 aliphatic heterocycles. The third kappa shape index (κ3) is 3.03. The molecule has 0 bridgehead atoms. The summed E-state index contributed by atoms with van der Waals surface area (Å²) in [5, 5.41) is 11.4. The van der Waals surface area contributed by atoms with Crippen molar-refractivity contribution in [1.29, 1.82) is 0 Å². The summed E-state index contributed by atoms with van der Waals surface area (Å²) in [5.74, 6) is 0.569. The maximum Gasteiger partial charge on any atom is 0.321 e. The average Bonchev–Trinajstić information content (AvgIpc) is 3.10. The van der Waals surface area contributed by atoms with Gasteiger partial charge in [0.2, 0.25) is 0 Å². The van der Waals surface area contributed by atoms with E-state index in [-0.39, 0.29) is 18.2 Å². The van der Waals surface area contributed by atoms with E-state index in [9.17, 15) is 4.79 Å². The number of halogens is 1. The Hall–Kier alpha value is -2.32. The van der Waals surface area contributed by atoms with Crippen molar-refractivity contribution in [3.63, 3.8) is 0 Å². The second-order valence-electron chi connectivity index (χ2n) is 6.10. The normalized spacial score (nSPS) is 22.1. The highest BCUT2D eigenvalue weighted by Crippen LogP contribution is 2.31. The highest BCUT2D eigenvalue weighted by atomic mass is 35.5. The molecule has 0 aliphatic carbocycles. The summed E-state index contributed by atoms with van der Waals surface area (Å²) in [4.78, 5) is 14.3. The summed E-state index contributed by atoms with van der Waals surface area (Å²) >= 11 is 6.10. The van der Waals surface area contributed by atoms with Gasteiger partial charge in [-0.15, -0.1) is 5.10 Å². The van der Waals surface area contributed by atoms with Gasteiger partial charge in [0.05, 0.1) is 49.3 Å². The number of rotatable bonds is 2. The molecule has 2 aliphatic rings. The molecule has 1 saturated heterocycles. The Kier molecular flexibility index (Phi) is 4.22. The number of carbonyl (C=O) groups excluding carboxylic acids is 1. The van der Waals surface area contributed by atoms with Crippen LogP contribution in [-0.2, 0) is 11.3 Å². The molecular formula is C16H18ClN5O3. The van der Waals surface area contributed by atoms with Gasteiger partial charge in [0.25, 0.3) is 0 Å². The topological polar surface area (TPSA) is 81.5 Å². The molecule has 0 radical (unpaired) electrons. The van der Waals surface area contributed by atoms with E-state index in [0.29, 0.717) is 36.2 Å². The van der Waals surface area contributed by atoms with Crippen LogP contribution in [0.25, 0.3) is 0 Å². The standard InChI is InChI=1S/C16H18ClN5O3/c1-24-14-3-2-10(6-12(14)17)19-16(23)21-5-4-13-15(8-21)25-9-11-7-18-20-22(11)13/h2-3,6-7,13,15H,4-5,8-9H2,1H3,(H,19,23)/t13-,15-/m0/s1. The van der Waals surface area contributed by atoms with E-state index < -0.39 is 0 Å². The predicted octanol–water partition coefficient (Wildman–Crippen LogP) is 2.32. The number of urea groups is 1. The van der Waals surface area contributed by atoms with Crippen molar-refractivity contribution in [2.75, 3.05) is 25.5 Å². The Morgan fingerprint density at radius 2 is 2.36 bits per heavy atom. The first-order valence-electron chi connectivity index (χ1n) is 8.06. The third-order valence-electron chi connectivity index (χ3n) is 4.62. The van der Waals surface area contributed by atoms with Crippen molar-refractivity contribution in [1.82, 2.24) is 19.9 Å². The van der Waals surface area contributed by atoms with Gasteiger partial charge in [-0.25, -0.2) is 9.48 Å². The van der Waals surface area contributed by atoms with E-state index in [1.54, 1.807) is 36.4 Å². The van der Waals surface area contributed by atoms with E-state index >= 15 is 0 Å². The zero-order valence-corrected chi connectivity index (χ0v) is 14.4. The molecule has 1 N–H and O–H groups in total. The minimum atomic E-state index is -0.173. The van der Waals surface area contributed by atoms with Crippen molar-refractivity contribution >= 4 is 23.3 Å². The molecule has 2 aromatic rings. The smallest absolute Gasteiger partial charge is 0.321 e. The summed E-state index contributed by atoms with van der Waals surface area (Å²) < 4.78 is 12.9. The Balaban J connectivity index is 1.42. The first-order chi connectivity index (χ1) is 12.2. The number of nitrogens with one attached hydrogen (secondary N) is 1. The molecule has 1 fully saturated rings. The largest absolute Gasteiger partial charge is 0.495 e. The van der Waals surface area contributed by atoms with Gasteiger partial charge in [-0.3, -0.25) is 0 Å². The number of amides is 2. The number of ether oxygens (including phenoxy) is 2. The van der Waals surface area contributed by atoms with E-state index in [0.717, 1.165) is 12.1 Å². The fourth-order valence-corrected chi connectivity index (χ4v) is 3.58. The molecule has 1 aromatic heterocycles. The minimum absolute atomic E-state index is 0.0758. The van der Waals surface area contributed by atoms with Crippen LogP contribution in [-0.4, -0.2) is 52.2 Å². The number of piperidine rings is 1. The number of hydrogen-bond acceptors (Lipinski definition) is 5. The fourth-order valence-electron chi connectivity index (χ4n) is 3.32. The summed E-state index contributed by atoms with van der Waals surface area (Å²) in [7, 11) is 1.55. The Labute approximate surface area is 149 Å². The summed E-state index contributed by atoms with van der Waals surface area (Å²) in [6.07, 6.45) is 2.42. The molecule has 9 heteroatoms. The van der Waals surface area contributed by atoms with Gasteiger partial charge in [-0.2, -0.15) is 0 Å². The van der Waals surface area contributed by atoms with E-state index in [1.807, 2.05) is 4.68 Å². The maximum absolute atomic E-state index is 12.6. The summed E-state index contributed by atoms with van der Waals surface area (Å²) in [6, 6.07) is 5.11. The number of methoxy groups -OCH3 is 1. The van der Waals surface area contributed by atoms with Crippen LogP contribution in [0.15, 0.2) is 24.4 Å². The second-order valence-corrected chi connectivity index (χ2v) is 6.51. The molecule has 3 heterocycles. The van der Waals surface area contributed by atoms with Gasteiger partial charge in [-0.1, -0.05) is 16.8 Å². The van der Waals surface area contributed by atoms with Crippen LogP contribution >= 0.6 is 11.6 Å². The monoisotopic (exact) mass is 363 g/mol. The first kappa shape index (κ1) is 16.2. The van der Waals surface area contributed by atoms with Crippen LogP contribution in [0.1, 0.15) is 18.2 Å². The minimum Gasteiger partial charge on any atom is -0.495 e. The van der Waals surface area contributed by atoms with Crippen LogP contribution < -0.4 is 10.1 Å². The average molecular weight is 364 g/mol. The summed E-state index contributed by atoms with van der Waals surface area (Å²) in [5.41, 5.74) is 1.60. The van der Waals surface area contributed by atoms with Crippen molar-refractivity contribution in [2.24, 2.45) is 0 Å². The zero-order chi connectivity index (χ0) is 17.4. The number of carbonyl (C=O) groups is 1. The zero-order valence-electron chi connectivity index (χ0n) is 13.7. The summed E-state index contributed by atoms with van der Waals surface area (Å²) in [6.45, 7) is 1.61. The predicted molar refractivity (Wildman–Crippen MR) is 90.8 cm³/mol. The van der Waals surface area contributed by atoms with Gasteiger partial charge in [0.1, 0.15) is 5.75 Å².